The number of rotatable bonds is 6. The van der Waals surface area contributed by atoms with Gasteiger partial charge in [-0.15, -0.1) is 0 Å². The van der Waals surface area contributed by atoms with E-state index in [1.165, 1.54) is 10.5 Å². The van der Waals surface area contributed by atoms with Crippen molar-refractivity contribution in [3.05, 3.63) is 54.2 Å². The summed E-state index contributed by atoms with van der Waals surface area (Å²) < 4.78 is 33.7. The van der Waals surface area contributed by atoms with E-state index in [4.69, 9.17) is 4.74 Å². The van der Waals surface area contributed by atoms with E-state index in [0.717, 1.165) is 11.4 Å². The molecule has 2 unspecified atom stereocenters. The van der Waals surface area contributed by atoms with Crippen LogP contribution < -0.4 is 4.90 Å². The maximum Gasteiger partial charge on any atom is 0.245 e. The van der Waals surface area contributed by atoms with E-state index in [9.17, 15) is 8.42 Å². The van der Waals surface area contributed by atoms with E-state index in [2.05, 4.69) is 22.0 Å². The van der Waals surface area contributed by atoms with Crippen LogP contribution in [0.5, 0.6) is 0 Å². The molecule has 2 heterocycles. The average molecular weight is 418 g/mol. The first-order valence-electron chi connectivity index (χ1n) is 10.1. The third-order valence-electron chi connectivity index (χ3n) is 5.07. The Balaban J connectivity index is 1.82. The molecule has 1 saturated heterocycles. The average Bonchev–Trinajstić information content (AvgIpc) is 2.67. The van der Waals surface area contributed by atoms with Gasteiger partial charge in [0.2, 0.25) is 10.0 Å². The van der Waals surface area contributed by atoms with Crippen LogP contribution in [0.25, 0.3) is 0 Å². The van der Waals surface area contributed by atoms with E-state index in [0.29, 0.717) is 13.1 Å². The fourth-order valence-electron chi connectivity index (χ4n) is 3.98. The van der Waals surface area contributed by atoms with E-state index < -0.39 is 10.0 Å². The highest BCUT2D eigenvalue weighted by molar-refractivity contribution is 7.89. The van der Waals surface area contributed by atoms with Crippen molar-refractivity contribution in [1.82, 2.24) is 9.29 Å². The summed E-state index contributed by atoms with van der Waals surface area (Å²) in [7, 11) is -3.58. The van der Waals surface area contributed by atoms with E-state index in [1.807, 2.05) is 52.8 Å². The molecule has 6 nitrogen and oxygen atoms in total. The minimum atomic E-state index is -3.58. The molecule has 0 aliphatic carbocycles. The Bertz CT molecular complexity index is 891. The van der Waals surface area contributed by atoms with Gasteiger partial charge in [-0.3, -0.25) is 0 Å². The fourth-order valence-corrected chi connectivity index (χ4v) is 5.76. The van der Waals surface area contributed by atoms with Gasteiger partial charge in [0.05, 0.1) is 6.10 Å². The highest BCUT2D eigenvalue weighted by Gasteiger charge is 2.31. The molecule has 0 spiro atoms. The lowest BCUT2D eigenvalue weighted by Crippen LogP contribution is -2.43. The Labute approximate surface area is 174 Å². The van der Waals surface area contributed by atoms with E-state index >= 15 is 0 Å². The van der Waals surface area contributed by atoms with Crippen molar-refractivity contribution in [3.63, 3.8) is 0 Å². The van der Waals surface area contributed by atoms with Crippen LogP contribution in [0, 0.1) is 0 Å². The lowest BCUT2D eigenvalue weighted by atomic mass is 10.1. The number of sulfonamides is 1. The van der Waals surface area contributed by atoms with Gasteiger partial charge in [0.25, 0.3) is 0 Å². The minimum absolute atomic E-state index is 0.0393. The molecule has 0 radical (unpaired) electrons. The SMILES string of the molecule is CC1CN(c2ccc(S(=O)(=O)N(C(C)C)C(C)C)cn2)CC(c2ccccc2)O1. The molecular weight excluding hydrogens is 386 g/mol. The second kappa shape index (κ2) is 8.81. The summed E-state index contributed by atoms with van der Waals surface area (Å²) in [6.07, 6.45) is 1.49. The van der Waals surface area contributed by atoms with Crippen molar-refractivity contribution in [2.24, 2.45) is 0 Å². The summed E-state index contributed by atoms with van der Waals surface area (Å²) in [5.74, 6) is 0.765. The molecular formula is C22H31N3O3S. The highest BCUT2D eigenvalue weighted by atomic mass is 32.2. The molecule has 0 saturated carbocycles. The Morgan fingerprint density at radius 3 is 2.24 bits per heavy atom. The summed E-state index contributed by atoms with van der Waals surface area (Å²) in [5, 5.41) is 0. The largest absolute Gasteiger partial charge is 0.367 e. The molecule has 158 valence electrons. The van der Waals surface area contributed by atoms with Crippen LogP contribution in [0.1, 0.15) is 46.3 Å². The van der Waals surface area contributed by atoms with Crippen molar-refractivity contribution in [2.45, 2.75) is 63.8 Å². The molecule has 1 aliphatic rings. The van der Waals surface area contributed by atoms with Gasteiger partial charge in [-0.25, -0.2) is 13.4 Å². The molecule has 29 heavy (non-hydrogen) atoms. The molecule has 2 atom stereocenters. The lowest BCUT2D eigenvalue weighted by molar-refractivity contribution is -0.0176. The monoisotopic (exact) mass is 417 g/mol. The number of morpholine rings is 1. The van der Waals surface area contributed by atoms with Crippen LogP contribution in [0.15, 0.2) is 53.6 Å². The van der Waals surface area contributed by atoms with Gasteiger partial charge in [-0.1, -0.05) is 30.3 Å². The zero-order valence-electron chi connectivity index (χ0n) is 17.8. The Hall–Kier alpha value is -1.96. The number of hydrogen-bond donors (Lipinski definition) is 0. The smallest absolute Gasteiger partial charge is 0.245 e. The maximum absolute atomic E-state index is 13.0. The summed E-state index contributed by atoms with van der Waals surface area (Å²) in [5.41, 5.74) is 1.13. The van der Waals surface area contributed by atoms with E-state index in [1.54, 1.807) is 12.1 Å². The summed E-state index contributed by atoms with van der Waals surface area (Å²) in [4.78, 5) is 6.88. The number of hydrogen-bond acceptors (Lipinski definition) is 5. The number of ether oxygens (including phenoxy) is 1. The molecule has 3 rings (SSSR count). The molecule has 0 bridgehead atoms. The van der Waals surface area contributed by atoms with Gasteiger partial charge in [-0.2, -0.15) is 4.31 Å². The first-order chi connectivity index (χ1) is 13.7. The van der Waals surface area contributed by atoms with Gasteiger partial charge in [-0.05, 0) is 52.3 Å². The predicted molar refractivity (Wildman–Crippen MR) is 115 cm³/mol. The van der Waals surface area contributed by atoms with Crippen LogP contribution in [0.3, 0.4) is 0 Å². The van der Waals surface area contributed by atoms with Crippen molar-refractivity contribution in [1.29, 1.82) is 0 Å². The van der Waals surface area contributed by atoms with Crippen molar-refractivity contribution in [3.8, 4) is 0 Å². The molecule has 0 amide bonds. The zero-order valence-corrected chi connectivity index (χ0v) is 18.6. The molecule has 1 aromatic heterocycles. The first kappa shape index (κ1) is 21.7. The predicted octanol–water partition coefficient (Wildman–Crippen LogP) is 3.86. The van der Waals surface area contributed by atoms with Gasteiger partial charge in [0.1, 0.15) is 16.8 Å². The van der Waals surface area contributed by atoms with Gasteiger partial charge in [0.15, 0.2) is 0 Å². The topological polar surface area (TPSA) is 62.7 Å². The quantitative estimate of drug-likeness (QED) is 0.714. The molecule has 0 N–H and O–H groups in total. The summed E-state index contributed by atoms with van der Waals surface area (Å²) in [6, 6.07) is 13.4. The molecule has 1 aromatic carbocycles. The molecule has 1 aliphatic heterocycles. The minimum Gasteiger partial charge on any atom is -0.367 e. The highest BCUT2D eigenvalue weighted by Crippen LogP contribution is 2.29. The maximum atomic E-state index is 13.0. The third-order valence-corrected chi connectivity index (χ3v) is 7.31. The van der Waals surface area contributed by atoms with Crippen LogP contribution in [0.2, 0.25) is 0 Å². The molecule has 2 aromatic rings. The number of nitrogens with zero attached hydrogens (tertiary/aromatic N) is 3. The van der Waals surface area contributed by atoms with Gasteiger partial charge >= 0.3 is 0 Å². The Kier molecular flexibility index (Phi) is 6.61. The Morgan fingerprint density at radius 1 is 1.03 bits per heavy atom. The van der Waals surface area contributed by atoms with Crippen molar-refractivity contribution in [2.75, 3.05) is 18.0 Å². The third kappa shape index (κ3) is 4.79. The van der Waals surface area contributed by atoms with Gasteiger partial charge < -0.3 is 9.64 Å². The standard InChI is InChI=1S/C22H31N3O3S/c1-16(2)25(17(3)4)29(26,27)20-11-12-22(23-13-20)24-14-18(5)28-21(15-24)19-9-7-6-8-10-19/h6-13,16-18,21H,14-15H2,1-5H3. The second-order valence-electron chi connectivity index (χ2n) is 8.13. The fraction of sp³-hybridized carbons (Fsp3) is 0.500. The van der Waals surface area contributed by atoms with Gasteiger partial charge in [0, 0.05) is 31.4 Å². The summed E-state index contributed by atoms with van der Waals surface area (Å²) in [6.45, 7) is 11.0. The molecule has 7 heteroatoms. The van der Waals surface area contributed by atoms with Crippen LogP contribution in [-0.4, -0.2) is 49.0 Å². The number of benzene rings is 1. The Morgan fingerprint density at radius 2 is 1.69 bits per heavy atom. The second-order valence-corrected chi connectivity index (χ2v) is 9.97. The lowest BCUT2D eigenvalue weighted by Gasteiger charge is -2.37. The van der Waals surface area contributed by atoms with Crippen LogP contribution in [0.4, 0.5) is 5.82 Å². The first-order valence-corrected chi connectivity index (χ1v) is 11.6. The molecule has 1 fully saturated rings. The number of anilines is 1. The number of aromatic nitrogens is 1. The zero-order chi connectivity index (χ0) is 21.2. The van der Waals surface area contributed by atoms with Crippen LogP contribution in [-0.2, 0) is 14.8 Å². The van der Waals surface area contributed by atoms with Crippen molar-refractivity contribution >= 4 is 15.8 Å². The normalized spacial score (nSPS) is 20.6. The van der Waals surface area contributed by atoms with Crippen molar-refractivity contribution < 1.29 is 13.2 Å². The van der Waals surface area contributed by atoms with Crippen LogP contribution >= 0.6 is 0 Å². The van der Waals surface area contributed by atoms with E-state index in [-0.39, 0.29) is 29.2 Å². The summed E-state index contributed by atoms with van der Waals surface area (Å²) >= 11 is 0. The number of pyridine rings is 1.